The largest absolute Gasteiger partial charge is 0.480 e. The number of carboxylic acid groups (broad SMARTS) is 2. The number of aromatic amines is 2. The zero-order chi connectivity index (χ0) is 24.9. The van der Waals surface area contributed by atoms with E-state index in [9.17, 15) is 19.8 Å². The monoisotopic (exact) mass is 476 g/mol. The van der Waals surface area contributed by atoms with Gasteiger partial charge >= 0.3 is 11.9 Å². The van der Waals surface area contributed by atoms with Crippen molar-refractivity contribution in [3.63, 3.8) is 0 Å². The van der Waals surface area contributed by atoms with Crippen molar-refractivity contribution in [1.82, 2.24) is 19.9 Å². The molecule has 6 rings (SSSR count). The number of nitrogens with zero attached hydrogens (tertiary/aromatic N) is 2. The number of H-pyrrole nitrogens is 2. The van der Waals surface area contributed by atoms with Crippen LogP contribution in [-0.2, 0) is 15.0 Å². The van der Waals surface area contributed by atoms with E-state index in [1.165, 1.54) is 18.2 Å². The van der Waals surface area contributed by atoms with Crippen LogP contribution in [0, 0.1) is 0 Å². The molecule has 1 atom stereocenters. The highest BCUT2D eigenvalue weighted by molar-refractivity contribution is 5.95. The third-order valence-electron chi connectivity index (χ3n) is 6.47. The molecule has 8 bridgehead atoms. The lowest BCUT2D eigenvalue weighted by Crippen LogP contribution is -2.34. The van der Waals surface area contributed by atoms with E-state index in [2.05, 4.69) is 19.9 Å². The molecule has 8 heteroatoms. The summed E-state index contributed by atoms with van der Waals surface area (Å²) in [6.07, 6.45) is 11.9. The summed E-state index contributed by atoms with van der Waals surface area (Å²) in [5.41, 5.74) is 5.18. The fourth-order valence-electron chi connectivity index (χ4n) is 4.66. The fraction of sp³-hybridized carbons (Fsp3) is 0.0714. The maximum Gasteiger partial charge on any atom is 0.335 e. The minimum absolute atomic E-state index is 0.0123. The van der Waals surface area contributed by atoms with Gasteiger partial charge in [-0.15, -0.1) is 0 Å². The Balaban J connectivity index is 1.63. The zero-order valence-electron chi connectivity index (χ0n) is 18.9. The summed E-state index contributed by atoms with van der Waals surface area (Å²) < 4.78 is 0. The van der Waals surface area contributed by atoms with Crippen LogP contribution in [0.3, 0.4) is 0 Å². The summed E-state index contributed by atoms with van der Waals surface area (Å²) in [7, 11) is 0. The van der Waals surface area contributed by atoms with Gasteiger partial charge in [0.05, 0.1) is 28.3 Å². The highest BCUT2D eigenvalue weighted by Gasteiger charge is 2.40. The zero-order valence-corrected chi connectivity index (χ0v) is 18.9. The van der Waals surface area contributed by atoms with Gasteiger partial charge in [0, 0.05) is 22.1 Å². The summed E-state index contributed by atoms with van der Waals surface area (Å²) in [5.74, 6) is -2.16. The van der Waals surface area contributed by atoms with Gasteiger partial charge < -0.3 is 20.2 Å². The van der Waals surface area contributed by atoms with Crippen LogP contribution in [0.1, 0.15) is 34.8 Å². The SMILES string of the molecule is O=C(O)C1=CCC(C(=O)O)(c2cc3cc4ccc(cc5nc(cc6nc(cc2[nH]3)C=C6)C=C5)[nH]4)C=C1. The number of fused-ring (bicyclic) bond motifs is 8. The summed E-state index contributed by atoms with van der Waals surface area (Å²) in [6.45, 7) is 0. The van der Waals surface area contributed by atoms with Crippen molar-refractivity contribution in [2.24, 2.45) is 0 Å². The molecular formula is C28H20N4O4. The van der Waals surface area contributed by atoms with Crippen molar-refractivity contribution in [1.29, 1.82) is 0 Å². The number of rotatable bonds is 3. The standard InChI is InChI=1S/C28H20N4O4/c33-26(34)16-7-9-28(10-8-16,27(35)36)24-14-23-13-21-4-3-19(30-21)11-17-1-2-18(29-17)12-20-5-6-22(31-20)15-25(24)32-23/h1-9,11-15,30,32H,10H2,(H,33,34)(H,35,36). The van der Waals surface area contributed by atoms with Crippen molar-refractivity contribution >= 4 is 58.3 Å². The van der Waals surface area contributed by atoms with Crippen LogP contribution in [0.4, 0.5) is 0 Å². The molecule has 3 aliphatic rings. The minimum Gasteiger partial charge on any atom is -0.480 e. The minimum atomic E-state index is -1.43. The number of hydrogen-bond donors (Lipinski definition) is 4. The van der Waals surface area contributed by atoms with Gasteiger partial charge in [-0.2, -0.15) is 0 Å². The molecule has 0 amide bonds. The quantitative estimate of drug-likeness (QED) is 0.291. The Morgan fingerprint density at radius 3 is 2.00 bits per heavy atom. The predicted molar refractivity (Wildman–Crippen MR) is 138 cm³/mol. The number of aromatic nitrogens is 4. The topological polar surface area (TPSA) is 132 Å². The van der Waals surface area contributed by atoms with Crippen molar-refractivity contribution in [3.8, 4) is 0 Å². The van der Waals surface area contributed by atoms with Gasteiger partial charge in [0.25, 0.3) is 0 Å². The van der Waals surface area contributed by atoms with E-state index in [-0.39, 0.29) is 12.0 Å². The molecule has 1 aliphatic carbocycles. The fourth-order valence-corrected chi connectivity index (χ4v) is 4.66. The third-order valence-corrected chi connectivity index (χ3v) is 6.47. The normalized spacial score (nSPS) is 18.3. The molecule has 2 aliphatic heterocycles. The average Bonchev–Trinajstić information content (AvgIpc) is 3.64. The molecule has 0 aromatic carbocycles. The van der Waals surface area contributed by atoms with Crippen molar-refractivity contribution in [2.45, 2.75) is 11.8 Å². The highest BCUT2D eigenvalue weighted by Crippen LogP contribution is 2.38. The Morgan fingerprint density at radius 1 is 0.750 bits per heavy atom. The summed E-state index contributed by atoms with van der Waals surface area (Å²) >= 11 is 0. The van der Waals surface area contributed by atoms with E-state index in [4.69, 9.17) is 0 Å². The first-order chi connectivity index (χ1) is 17.4. The molecular weight excluding hydrogens is 456 g/mol. The second kappa shape index (κ2) is 8.06. The van der Waals surface area contributed by atoms with Crippen molar-refractivity contribution in [3.05, 3.63) is 94.6 Å². The lowest BCUT2D eigenvalue weighted by Gasteiger charge is -2.27. The molecule has 36 heavy (non-hydrogen) atoms. The summed E-state index contributed by atoms with van der Waals surface area (Å²) in [6, 6.07) is 13.2. The number of carboxylic acids is 2. The lowest BCUT2D eigenvalue weighted by atomic mass is 9.74. The van der Waals surface area contributed by atoms with Crippen molar-refractivity contribution in [2.75, 3.05) is 0 Å². The van der Waals surface area contributed by atoms with Gasteiger partial charge in [-0.25, -0.2) is 14.8 Å². The lowest BCUT2D eigenvalue weighted by molar-refractivity contribution is -0.142. The summed E-state index contributed by atoms with van der Waals surface area (Å²) in [4.78, 5) is 40.0. The van der Waals surface area contributed by atoms with E-state index in [1.54, 1.807) is 6.07 Å². The van der Waals surface area contributed by atoms with Crippen molar-refractivity contribution < 1.29 is 19.8 Å². The Morgan fingerprint density at radius 2 is 1.39 bits per heavy atom. The van der Waals surface area contributed by atoms with Crippen LogP contribution in [0.15, 0.2) is 66.3 Å². The molecule has 0 saturated carbocycles. The number of allylic oxidation sites excluding steroid dienone is 1. The van der Waals surface area contributed by atoms with Crippen LogP contribution < -0.4 is 0 Å². The Labute approximate surface area is 204 Å². The van der Waals surface area contributed by atoms with Gasteiger partial charge in [0.1, 0.15) is 5.41 Å². The van der Waals surface area contributed by atoms with Crippen LogP contribution in [0.25, 0.3) is 46.4 Å². The second-order valence-electron chi connectivity index (χ2n) is 8.87. The Bertz CT molecular complexity index is 1730. The van der Waals surface area contributed by atoms with E-state index in [1.807, 2.05) is 60.7 Å². The highest BCUT2D eigenvalue weighted by atomic mass is 16.4. The van der Waals surface area contributed by atoms with Gasteiger partial charge in [-0.1, -0.05) is 18.2 Å². The molecule has 0 spiro atoms. The van der Waals surface area contributed by atoms with E-state index < -0.39 is 17.4 Å². The smallest absolute Gasteiger partial charge is 0.335 e. The molecule has 5 heterocycles. The molecule has 8 nitrogen and oxygen atoms in total. The van der Waals surface area contributed by atoms with Gasteiger partial charge in [0.2, 0.25) is 0 Å². The van der Waals surface area contributed by atoms with Crippen LogP contribution in [-0.4, -0.2) is 42.1 Å². The first-order valence-corrected chi connectivity index (χ1v) is 11.3. The number of hydrogen-bond acceptors (Lipinski definition) is 4. The number of aliphatic carboxylic acids is 2. The number of carbonyl (C=O) groups is 2. The molecule has 3 aromatic rings. The molecule has 0 saturated heterocycles. The maximum atomic E-state index is 12.6. The van der Waals surface area contributed by atoms with Crippen LogP contribution >= 0.6 is 0 Å². The van der Waals surface area contributed by atoms with Crippen LogP contribution in [0.5, 0.6) is 0 Å². The third kappa shape index (κ3) is 3.74. The van der Waals surface area contributed by atoms with Gasteiger partial charge in [-0.05, 0) is 78.8 Å². The van der Waals surface area contributed by atoms with E-state index in [0.29, 0.717) is 22.3 Å². The van der Waals surface area contributed by atoms with Gasteiger partial charge in [-0.3, -0.25) is 4.79 Å². The predicted octanol–water partition coefficient (Wildman–Crippen LogP) is 4.95. The van der Waals surface area contributed by atoms with Gasteiger partial charge in [0.15, 0.2) is 0 Å². The first kappa shape index (κ1) is 21.5. The van der Waals surface area contributed by atoms with E-state index >= 15 is 0 Å². The van der Waals surface area contributed by atoms with Crippen LogP contribution in [0.2, 0.25) is 0 Å². The molecule has 0 fully saturated rings. The second-order valence-corrected chi connectivity index (χ2v) is 8.87. The van der Waals surface area contributed by atoms with E-state index in [0.717, 1.165) is 28.1 Å². The molecule has 3 aromatic heterocycles. The molecule has 0 radical (unpaired) electrons. The molecule has 176 valence electrons. The number of nitrogens with one attached hydrogen (secondary N) is 2. The Kier molecular flexibility index (Phi) is 4.82. The first-order valence-electron chi connectivity index (χ1n) is 11.3. The average molecular weight is 476 g/mol. The maximum absolute atomic E-state index is 12.6. The summed E-state index contributed by atoms with van der Waals surface area (Å²) in [5, 5.41) is 19.6. The molecule has 1 unspecified atom stereocenters. The molecule has 4 N–H and O–H groups in total. The Hall–Kier alpha value is -4.98.